The second-order valence-electron chi connectivity index (χ2n) is 8.78. The van der Waals surface area contributed by atoms with E-state index in [0.717, 1.165) is 36.1 Å². The lowest BCUT2D eigenvalue weighted by Crippen LogP contribution is -2.19. The minimum absolute atomic E-state index is 0.231. The van der Waals surface area contributed by atoms with E-state index in [2.05, 4.69) is 63.1 Å². The molecule has 1 N–H and O–H groups in total. The van der Waals surface area contributed by atoms with Gasteiger partial charge in [0.1, 0.15) is 10.6 Å². The maximum Gasteiger partial charge on any atom is 0.261 e. The molecule has 2 aromatic rings. The van der Waals surface area contributed by atoms with Crippen LogP contribution in [0.15, 0.2) is 18.2 Å². The molecular formula is C26H37ClN2O2. The zero-order valence-electron chi connectivity index (χ0n) is 20.1. The van der Waals surface area contributed by atoms with Crippen molar-refractivity contribution in [2.75, 3.05) is 11.9 Å². The van der Waals surface area contributed by atoms with Gasteiger partial charge in [-0.2, -0.15) is 0 Å². The van der Waals surface area contributed by atoms with E-state index in [0.29, 0.717) is 34.3 Å². The molecule has 0 aliphatic carbocycles. The maximum atomic E-state index is 13.5. The molecule has 1 amide bonds. The number of benzene rings is 1. The normalized spacial score (nSPS) is 11.3. The number of hydrogen-bond acceptors (Lipinski definition) is 3. The van der Waals surface area contributed by atoms with Crippen LogP contribution < -0.4 is 10.1 Å². The van der Waals surface area contributed by atoms with Crippen LogP contribution in [0, 0.1) is 13.8 Å². The molecule has 0 atom stereocenters. The van der Waals surface area contributed by atoms with E-state index in [-0.39, 0.29) is 17.7 Å². The molecular weight excluding hydrogens is 408 g/mol. The summed E-state index contributed by atoms with van der Waals surface area (Å²) < 4.78 is 6.06. The summed E-state index contributed by atoms with van der Waals surface area (Å²) in [5, 5.41) is 3.59. The molecule has 0 spiro atoms. The number of unbranched alkanes of at least 4 members (excludes halogenated alkanes) is 3. The molecule has 0 unspecified atom stereocenters. The minimum atomic E-state index is -0.231. The fourth-order valence-electron chi connectivity index (χ4n) is 3.77. The number of aryl methyl sites for hydroxylation is 2. The van der Waals surface area contributed by atoms with Crippen LogP contribution in [0.3, 0.4) is 0 Å². The van der Waals surface area contributed by atoms with Gasteiger partial charge in [0.25, 0.3) is 5.91 Å². The standard InChI is InChI=1S/C26H37ClN2O2/c1-8-9-10-11-15-31-25-22(18(6)28-19(7)23(25)27)26(30)29-24-20(16(2)3)13-12-14-21(24)17(4)5/h12-14,16-17H,8-11,15H2,1-7H3,(H,29,30). The largest absolute Gasteiger partial charge is 0.491 e. The van der Waals surface area contributed by atoms with Crippen molar-refractivity contribution < 1.29 is 9.53 Å². The average molecular weight is 445 g/mol. The lowest BCUT2D eigenvalue weighted by molar-refractivity contribution is 0.102. The lowest BCUT2D eigenvalue weighted by atomic mass is 9.92. The summed E-state index contributed by atoms with van der Waals surface area (Å²) in [6, 6.07) is 6.20. The third-order valence-corrected chi connectivity index (χ3v) is 5.97. The highest BCUT2D eigenvalue weighted by atomic mass is 35.5. The molecule has 4 nitrogen and oxygen atoms in total. The van der Waals surface area contributed by atoms with Gasteiger partial charge in [-0.3, -0.25) is 9.78 Å². The Hall–Kier alpha value is -2.07. The highest BCUT2D eigenvalue weighted by Crippen LogP contribution is 2.36. The second kappa shape index (κ2) is 11.5. The molecule has 0 saturated carbocycles. The number of carbonyl (C=O) groups excluding carboxylic acids is 1. The van der Waals surface area contributed by atoms with E-state index in [1.807, 2.05) is 13.8 Å². The van der Waals surface area contributed by atoms with Crippen molar-refractivity contribution in [2.24, 2.45) is 0 Å². The minimum Gasteiger partial charge on any atom is -0.491 e. The molecule has 0 aliphatic heterocycles. The number of aromatic nitrogens is 1. The van der Waals surface area contributed by atoms with E-state index in [4.69, 9.17) is 16.3 Å². The topological polar surface area (TPSA) is 51.2 Å². The monoisotopic (exact) mass is 444 g/mol. The first-order chi connectivity index (χ1) is 14.7. The summed E-state index contributed by atoms with van der Waals surface area (Å²) >= 11 is 6.55. The van der Waals surface area contributed by atoms with Crippen LogP contribution in [0.1, 0.15) is 105 Å². The zero-order chi connectivity index (χ0) is 23.1. The predicted molar refractivity (Wildman–Crippen MR) is 131 cm³/mol. The van der Waals surface area contributed by atoms with Gasteiger partial charge in [-0.25, -0.2) is 0 Å². The van der Waals surface area contributed by atoms with Gasteiger partial charge in [-0.05, 0) is 43.2 Å². The Balaban J connectivity index is 2.43. The number of rotatable bonds is 10. The number of nitrogens with zero attached hydrogens (tertiary/aromatic N) is 1. The first-order valence-electron chi connectivity index (χ1n) is 11.4. The van der Waals surface area contributed by atoms with Crippen molar-refractivity contribution in [2.45, 2.75) is 86.0 Å². The Morgan fingerprint density at radius 3 is 2.19 bits per heavy atom. The number of hydrogen-bond donors (Lipinski definition) is 1. The van der Waals surface area contributed by atoms with Gasteiger partial charge in [0.15, 0.2) is 5.75 Å². The zero-order valence-corrected chi connectivity index (χ0v) is 20.8. The molecule has 5 heteroatoms. The molecule has 0 saturated heterocycles. The van der Waals surface area contributed by atoms with E-state index in [1.54, 1.807) is 0 Å². The van der Waals surface area contributed by atoms with Crippen molar-refractivity contribution in [3.05, 3.63) is 51.3 Å². The molecule has 1 heterocycles. The number of amides is 1. The summed E-state index contributed by atoms with van der Waals surface area (Å²) in [5.41, 5.74) is 4.82. The first-order valence-corrected chi connectivity index (χ1v) is 11.8. The van der Waals surface area contributed by atoms with Crippen molar-refractivity contribution in [3.63, 3.8) is 0 Å². The van der Waals surface area contributed by atoms with Crippen LogP contribution in [0.5, 0.6) is 5.75 Å². The lowest BCUT2D eigenvalue weighted by Gasteiger charge is -2.22. The van der Waals surface area contributed by atoms with Gasteiger partial charge in [0, 0.05) is 5.69 Å². The van der Waals surface area contributed by atoms with E-state index < -0.39 is 0 Å². The van der Waals surface area contributed by atoms with E-state index in [9.17, 15) is 4.79 Å². The molecule has 0 fully saturated rings. The number of pyridine rings is 1. The van der Waals surface area contributed by atoms with Crippen molar-refractivity contribution in [3.8, 4) is 5.75 Å². The van der Waals surface area contributed by atoms with Gasteiger partial charge in [0.05, 0.1) is 18.0 Å². The van der Waals surface area contributed by atoms with Crippen LogP contribution in [0.25, 0.3) is 0 Å². The highest BCUT2D eigenvalue weighted by molar-refractivity contribution is 6.33. The fraction of sp³-hybridized carbons (Fsp3) is 0.538. The fourth-order valence-corrected chi connectivity index (χ4v) is 3.96. The van der Waals surface area contributed by atoms with Gasteiger partial charge in [-0.15, -0.1) is 0 Å². The Labute approximate surface area is 192 Å². The van der Waals surface area contributed by atoms with E-state index >= 15 is 0 Å². The van der Waals surface area contributed by atoms with Crippen molar-refractivity contribution in [1.29, 1.82) is 0 Å². The Morgan fingerprint density at radius 2 is 1.65 bits per heavy atom. The van der Waals surface area contributed by atoms with E-state index in [1.165, 1.54) is 6.42 Å². The summed E-state index contributed by atoms with van der Waals surface area (Å²) in [6.45, 7) is 14.9. The number of halogens is 1. The first kappa shape index (κ1) is 25.2. The van der Waals surface area contributed by atoms with Gasteiger partial charge >= 0.3 is 0 Å². The van der Waals surface area contributed by atoms with Gasteiger partial charge < -0.3 is 10.1 Å². The van der Waals surface area contributed by atoms with Crippen LogP contribution in [0.2, 0.25) is 5.02 Å². The number of nitrogens with one attached hydrogen (secondary N) is 1. The molecule has 2 rings (SSSR count). The molecule has 31 heavy (non-hydrogen) atoms. The summed E-state index contributed by atoms with van der Waals surface area (Å²) in [7, 11) is 0. The molecule has 1 aromatic heterocycles. The van der Waals surface area contributed by atoms with Gasteiger partial charge in [0.2, 0.25) is 0 Å². The Bertz CT molecular complexity index is 881. The highest BCUT2D eigenvalue weighted by Gasteiger charge is 2.24. The molecule has 0 aliphatic rings. The third kappa shape index (κ3) is 6.22. The van der Waals surface area contributed by atoms with Crippen LogP contribution in [0.4, 0.5) is 5.69 Å². The smallest absolute Gasteiger partial charge is 0.261 e. The quantitative estimate of drug-likeness (QED) is 0.380. The van der Waals surface area contributed by atoms with Crippen molar-refractivity contribution in [1.82, 2.24) is 4.98 Å². The maximum absolute atomic E-state index is 13.5. The number of anilines is 1. The SMILES string of the molecule is CCCCCCOc1c(Cl)c(C)nc(C)c1C(=O)Nc1c(C(C)C)cccc1C(C)C. The van der Waals surface area contributed by atoms with Crippen LogP contribution >= 0.6 is 11.6 Å². The van der Waals surface area contributed by atoms with Gasteiger partial charge in [-0.1, -0.05) is 83.7 Å². The Kier molecular flexibility index (Phi) is 9.36. The van der Waals surface area contributed by atoms with Crippen LogP contribution in [-0.4, -0.2) is 17.5 Å². The third-order valence-electron chi connectivity index (χ3n) is 5.52. The molecule has 1 aromatic carbocycles. The number of para-hydroxylation sites is 1. The summed E-state index contributed by atoms with van der Waals surface area (Å²) in [5.74, 6) is 0.771. The number of carbonyl (C=O) groups is 1. The number of ether oxygens (including phenoxy) is 1. The summed E-state index contributed by atoms with van der Waals surface area (Å²) in [4.78, 5) is 18.0. The Morgan fingerprint density at radius 1 is 1.03 bits per heavy atom. The predicted octanol–water partition coefficient (Wildman–Crippen LogP) is 7.81. The van der Waals surface area contributed by atoms with Crippen LogP contribution in [-0.2, 0) is 0 Å². The summed E-state index contributed by atoms with van der Waals surface area (Å²) in [6.07, 6.45) is 4.36. The molecule has 170 valence electrons. The molecule has 0 radical (unpaired) electrons. The average Bonchev–Trinajstić information content (AvgIpc) is 2.70. The molecule has 0 bridgehead atoms. The van der Waals surface area contributed by atoms with Crippen molar-refractivity contribution >= 4 is 23.2 Å². The second-order valence-corrected chi connectivity index (χ2v) is 9.16.